The van der Waals surface area contributed by atoms with Crippen molar-refractivity contribution in [3.05, 3.63) is 11.7 Å². The van der Waals surface area contributed by atoms with Gasteiger partial charge in [-0.1, -0.05) is 38.3 Å². The Hall–Kier alpha value is -1.39. The molecule has 1 fully saturated rings. The van der Waals surface area contributed by atoms with Crippen LogP contribution in [0.25, 0.3) is 0 Å². The van der Waals surface area contributed by atoms with E-state index in [-0.39, 0.29) is 11.9 Å². The summed E-state index contributed by atoms with van der Waals surface area (Å²) in [6.45, 7) is 6.21. The van der Waals surface area contributed by atoms with E-state index in [2.05, 4.69) is 10.1 Å². The minimum atomic E-state index is -0.714. The molecule has 1 aromatic heterocycles. The first kappa shape index (κ1) is 14.0. The van der Waals surface area contributed by atoms with Gasteiger partial charge in [-0.3, -0.25) is 4.79 Å². The smallest absolute Gasteiger partial charge is 0.321 e. The summed E-state index contributed by atoms with van der Waals surface area (Å²) in [6, 6.07) is 0. The van der Waals surface area contributed by atoms with Gasteiger partial charge in [-0.15, -0.1) is 0 Å². The number of esters is 1. The first-order valence-corrected chi connectivity index (χ1v) is 7.11. The van der Waals surface area contributed by atoms with Gasteiger partial charge in [0.05, 0.1) is 6.61 Å². The summed E-state index contributed by atoms with van der Waals surface area (Å²) in [5, 5.41) is 3.98. The SMILES string of the molecule is CCOC(=O)C1(c2nc(C(C)C)no2)CCCCC1. The summed E-state index contributed by atoms with van der Waals surface area (Å²) in [6.07, 6.45) is 4.62. The molecule has 0 aliphatic heterocycles. The van der Waals surface area contributed by atoms with Gasteiger partial charge in [0, 0.05) is 5.92 Å². The first-order valence-electron chi connectivity index (χ1n) is 7.11. The van der Waals surface area contributed by atoms with Gasteiger partial charge in [0.1, 0.15) is 5.41 Å². The molecule has 5 nitrogen and oxygen atoms in total. The Bertz CT molecular complexity index is 434. The lowest BCUT2D eigenvalue weighted by atomic mass is 9.74. The maximum absolute atomic E-state index is 12.3. The molecular weight excluding hydrogens is 244 g/mol. The Balaban J connectivity index is 2.33. The van der Waals surface area contributed by atoms with Crippen LogP contribution in [0.4, 0.5) is 0 Å². The maximum Gasteiger partial charge on any atom is 0.321 e. The fourth-order valence-electron chi connectivity index (χ4n) is 2.59. The Morgan fingerprint density at radius 1 is 1.37 bits per heavy atom. The van der Waals surface area contributed by atoms with Crippen molar-refractivity contribution in [2.75, 3.05) is 6.61 Å². The van der Waals surface area contributed by atoms with E-state index in [4.69, 9.17) is 9.26 Å². The monoisotopic (exact) mass is 266 g/mol. The number of nitrogens with zero attached hydrogens (tertiary/aromatic N) is 2. The third-order valence-electron chi connectivity index (χ3n) is 3.74. The van der Waals surface area contributed by atoms with Crippen molar-refractivity contribution >= 4 is 5.97 Å². The number of ether oxygens (including phenoxy) is 1. The predicted molar refractivity (Wildman–Crippen MR) is 69.8 cm³/mol. The van der Waals surface area contributed by atoms with Crippen LogP contribution in [0.2, 0.25) is 0 Å². The second kappa shape index (κ2) is 5.72. The first-order chi connectivity index (χ1) is 9.10. The summed E-state index contributed by atoms with van der Waals surface area (Å²) in [4.78, 5) is 16.8. The summed E-state index contributed by atoms with van der Waals surface area (Å²) in [5.41, 5.74) is -0.714. The van der Waals surface area contributed by atoms with E-state index in [0.29, 0.717) is 18.3 Å². The highest BCUT2D eigenvalue weighted by atomic mass is 16.5. The van der Waals surface area contributed by atoms with Crippen LogP contribution in [0.15, 0.2) is 4.52 Å². The van der Waals surface area contributed by atoms with Crippen LogP contribution < -0.4 is 0 Å². The zero-order valence-corrected chi connectivity index (χ0v) is 11.9. The minimum absolute atomic E-state index is 0.195. The molecule has 1 saturated carbocycles. The van der Waals surface area contributed by atoms with Crippen molar-refractivity contribution in [1.29, 1.82) is 0 Å². The third kappa shape index (κ3) is 2.65. The lowest BCUT2D eigenvalue weighted by Gasteiger charge is -2.31. The topological polar surface area (TPSA) is 65.2 Å². The average Bonchev–Trinajstić information content (AvgIpc) is 2.90. The fourth-order valence-corrected chi connectivity index (χ4v) is 2.59. The summed E-state index contributed by atoms with van der Waals surface area (Å²) in [5.74, 6) is 1.08. The van der Waals surface area contributed by atoms with Crippen molar-refractivity contribution in [3.63, 3.8) is 0 Å². The second-order valence-corrected chi connectivity index (χ2v) is 5.48. The minimum Gasteiger partial charge on any atom is -0.465 e. The molecule has 1 heterocycles. The number of carbonyl (C=O) groups excluding carboxylic acids is 1. The largest absolute Gasteiger partial charge is 0.465 e. The number of aromatic nitrogens is 2. The fraction of sp³-hybridized carbons (Fsp3) is 0.786. The summed E-state index contributed by atoms with van der Waals surface area (Å²) >= 11 is 0. The van der Waals surface area contributed by atoms with Crippen LogP contribution in [0, 0.1) is 0 Å². The number of hydrogen-bond acceptors (Lipinski definition) is 5. The molecule has 2 rings (SSSR count). The van der Waals surface area contributed by atoms with Crippen LogP contribution >= 0.6 is 0 Å². The average molecular weight is 266 g/mol. The molecule has 19 heavy (non-hydrogen) atoms. The van der Waals surface area contributed by atoms with Gasteiger partial charge < -0.3 is 9.26 Å². The van der Waals surface area contributed by atoms with Crippen LogP contribution in [0.3, 0.4) is 0 Å². The van der Waals surface area contributed by atoms with Gasteiger partial charge in [0.25, 0.3) is 0 Å². The van der Waals surface area contributed by atoms with Crippen molar-refractivity contribution in [2.45, 2.75) is 64.2 Å². The van der Waals surface area contributed by atoms with Gasteiger partial charge >= 0.3 is 5.97 Å². The normalized spacial score (nSPS) is 18.5. The van der Waals surface area contributed by atoms with Crippen molar-refractivity contribution in [3.8, 4) is 0 Å². The Morgan fingerprint density at radius 3 is 2.58 bits per heavy atom. The third-order valence-corrected chi connectivity index (χ3v) is 3.74. The van der Waals surface area contributed by atoms with E-state index in [1.54, 1.807) is 0 Å². The van der Waals surface area contributed by atoms with E-state index >= 15 is 0 Å². The molecule has 1 aliphatic carbocycles. The molecule has 0 saturated heterocycles. The summed E-state index contributed by atoms with van der Waals surface area (Å²) < 4.78 is 10.6. The molecule has 1 aliphatic rings. The highest BCUT2D eigenvalue weighted by Gasteiger charge is 2.47. The molecule has 5 heteroatoms. The summed E-state index contributed by atoms with van der Waals surface area (Å²) in [7, 11) is 0. The molecule has 0 radical (unpaired) electrons. The molecule has 106 valence electrons. The van der Waals surface area contributed by atoms with E-state index in [9.17, 15) is 4.79 Å². The van der Waals surface area contributed by atoms with Gasteiger partial charge in [-0.05, 0) is 19.8 Å². The Morgan fingerprint density at radius 2 is 2.05 bits per heavy atom. The second-order valence-electron chi connectivity index (χ2n) is 5.48. The number of hydrogen-bond donors (Lipinski definition) is 0. The van der Waals surface area contributed by atoms with Crippen LogP contribution in [0.1, 0.15) is 70.5 Å². The highest BCUT2D eigenvalue weighted by molar-refractivity contribution is 5.82. The van der Waals surface area contributed by atoms with Gasteiger partial charge in [0.2, 0.25) is 5.89 Å². The molecule has 0 N–H and O–H groups in total. The number of rotatable bonds is 4. The van der Waals surface area contributed by atoms with E-state index in [1.807, 2.05) is 20.8 Å². The molecule has 0 spiro atoms. The van der Waals surface area contributed by atoms with Crippen molar-refractivity contribution < 1.29 is 14.1 Å². The van der Waals surface area contributed by atoms with Crippen LogP contribution in [0.5, 0.6) is 0 Å². The quantitative estimate of drug-likeness (QED) is 0.784. The van der Waals surface area contributed by atoms with Crippen LogP contribution in [-0.4, -0.2) is 22.7 Å². The lowest BCUT2D eigenvalue weighted by molar-refractivity contribution is -0.152. The van der Waals surface area contributed by atoms with Crippen molar-refractivity contribution in [2.24, 2.45) is 0 Å². The lowest BCUT2D eigenvalue weighted by Crippen LogP contribution is -2.39. The van der Waals surface area contributed by atoms with Gasteiger partial charge in [-0.2, -0.15) is 4.98 Å². The van der Waals surface area contributed by atoms with Crippen molar-refractivity contribution in [1.82, 2.24) is 10.1 Å². The van der Waals surface area contributed by atoms with E-state index in [0.717, 1.165) is 32.1 Å². The maximum atomic E-state index is 12.3. The van der Waals surface area contributed by atoms with E-state index in [1.165, 1.54) is 0 Å². The predicted octanol–water partition coefficient (Wildman–Crippen LogP) is 2.96. The molecule has 0 atom stereocenters. The molecule has 0 aromatic carbocycles. The molecular formula is C14H22N2O3. The molecule has 1 aromatic rings. The standard InChI is InChI=1S/C14H22N2O3/c1-4-18-13(17)14(8-6-5-7-9-14)12-15-11(10(2)3)16-19-12/h10H,4-9H2,1-3H3. The van der Waals surface area contributed by atoms with Gasteiger partial charge in [0.15, 0.2) is 5.82 Å². The Labute approximate surface area is 113 Å². The zero-order chi connectivity index (χ0) is 13.9. The van der Waals surface area contributed by atoms with Crippen LogP contribution in [-0.2, 0) is 14.9 Å². The number of carbonyl (C=O) groups is 1. The van der Waals surface area contributed by atoms with Gasteiger partial charge in [-0.25, -0.2) is 0 Å². The highest BCUT2D eigenvalue weighted by Crippen LogP contribution is 2.40. The Kier molecular flexibility index (Phi) is 4.22. The molecule has 0 bridgehead atoms. The molecule has 0 unspecified atom stereocenters. The zero-order valence-electron chi connectivity index (χ0n) is 11.9. The molecule has 0 amide bonds. The van der Waals surface area contributed by atoms with E-state index < -0.39 is 5.41 Å².